The van der Waals surface area contributed by atoms with Gasteiger partial charge in [-0.3, -0.25) is 5.10 Å². The van der Waals surface area contributed by atoms with Crippen molar-refractivity contribution in [3.05, 3.63) is 47.8 Å². The lowest BCUT2D eigenvalue weighted by atomic mass is 9.91. The molecule has 0 bridgehead atoms. The summed E-state index contributed by atoms with van der Waals surface area (Å²) in [6, 6.07) is 4.68. The number of rotatable bonds is 2. The smallest absolute Gasteiger partial charge is 0.213 e. The van der Waals surface area contributed by atoms with E-state index in [-0.39, 0.29) is 0 Å². The van der Waals surface area contributed by atoms with Crippen LogP contribution in [0.1, 0.15) is 11.3 Å². The first-order chi connectivity index (χ1) is 8.71. The molecule has 2 aromatic rings. The second-order valence-corrected chi connectivity index (χ2v) is 4.93. The predicted octanol–water partition coefficient (Wildman–Crippen LogP) is 1.25. The monoisotopic (exact) mass is 263 g/mol. The summed E-state index contributed by atoms with van der Waals surface area (Å²) in [5.74, 6) is 0.0653. The van der Waals surface area contributed by atoms with Crippen molar-refractivity contribution < 1.29 is 4.39 Å². The molecule has 0 aliphatic carbocycles. The molecule has 92 valence electrons. The van der Waals surface area contributed by atoms with Crippen molar-refractivity contribution in [1.82, 2.24) is 15.2 Å². The van der Waals surface area contributed by atoms with Crippen molar-refractivity contribution in [3.8, 4) is 0 Å². The maximum absolute atomic E-state index is 13.3. The van der Waals surface area contributed by atoms with Gasteiger partial charge in [0, 0.05) is 17.5 Å². The number of H-pyrrole nitrogens is 1. The van der Waals surface area contributed by atoms with Gasteiger partial charge in [-0.1, -0.05) is 17.8 Å². The molecule has 0 radical (unpaired) electrons. The molecule has 1 aliphatic rings. The topological polar surface area (TPSA) is 80.0 Å². The van der Waals surface area contributed by atoms with E-state index in [1.807, 2.05) is 0 Å². The summed E-state index contributed by atoms with van der Waals surface area (Å²) in [4.78, 5) is 8.38. The predicted molar refractivity (Wildman–Crippen MR) is 67.6 cm³/mol. The standard InChI is InChI=1S/C11H10FN5S/c12-9-3-1-2-8(16-9)11(6-18-10(13)17-11)7-4-14-15-5-7/h1-5H,6H2,(H2,13,17)(H,14,15). The molecule has 3 N–H and O–H groups in total. The summed E-state index contributed by atoms with van der Waals surface area (Å²) in [5.41, 5.74) is 6.37. The van der Waals surface area contributed by atoms with E-state index in [2.05, 4.69) is 20.2 Å². The Kier molecular flexibility index (Phi) is 2.55. The molecule has 7 heteroatoms. The van der Waals surface area contributed by atoms with Crippen molar-refractivity contribution in [1.29, 1.82) is 0 Å². The quantitative estimate of drug-likeness (QED) is 0.799. The number of hydrogen-bond acceptors (Lipinski definition) is 5. The first-order valence-corrected chi connectivity index (χ1v) is 6.30. The number of halogens is 1. The molecular weight excluding hydrogens is 253 g/mol. The van der Waals surface area contributed by atoms with Crippen LogP contribution in [0.5, 0.6) is 0 Å². The van der Waals surface area contributed by atoms with Crippen LogP contribution >= 0.6 is 11.8 Å². The van der Waals surface area contributed by atoms with E-state index < -0.39 is 11.5 Å². The minimum absolute atomic E-state index is 0.474. The average molecular weight is 263 g/mol. The van der Waals surface area contributed by atoms with E-state index in [1.165, 1.54) is 17.8 Å². The summed E-state index contributed by atoms with van der Waals surface area (Å²) < 4.78 is 13.3. The first-order valence-electron chi connectivity index (χ1n) is 5.31. The van der Waals surface area contributed by atoms with Crippen molar-refractivity contribution in [2.45, 2.75) is 5.54 Å². The number of aromatic nitrogens is 3. The number of nitrogens with zero attached hydrogens (tertiary/aromatic N) is 3. The number of nitrogens with one attached hydrogen (secondary N) is 1. The molecule has 18 heavy (non-hydrogen) atoms. The Bertz CT molecular complexity index is 597. The van der Waals surface area contributed by atoms with E-state index in [1.54, 1.807) is 24.5 Å². The fraction of sp³-hybridized carbons (Fsp3) is 0.182. The number of thioether (sulfide) groups is 1. The average Bonchev–Trinajstić information content (AvgIpc) is 2.98. The highest BCUT2D eigenvalue weighted by Gasteiger charge is 2.41. The van der Waals surface area contributed by atoms with Crippen molar-refractivity contribution in [2.75, 3.05) is 5.75 Å². The number of aromatic amines is 1. The molecule has 0 saturated carbocycles. The van der Waals surface area contributed by atoms with Gasteiger partial charge in [0.05, 0.1) is 11.9 Å². The summed E-state index contributed by atoms with van der Waals surface area (Å²) in [5, 5.41) is 7.13. The number of nitrogens with two attached hydrogens (primary N) is 1. The lowest BCUT2D eigenvalue weighted by Crippen LogP contribution is -2.27. The van der Waals surface area contributed by atoms with Gasteiger partial charge in [-0.2, -0.15) is 9.49 Å². The van der Waals surface area contributed by atoms with E-state index in [9.17, 15) is 4.39 Å². The largest absolute Gasteiger partial charge is 0.378 e. The fourth-order valence-electron chi connectivity index (χ4n) is 1.97. The Balaban J connectivity index is 2.18. The van der Waals surface area contributed by atoms with Crippen LogP contribution in [0.2, 0.25) is 0 Å². The zero-order chi connectivity index (χ0) is 12.6. The first kappa shape index (κ1) is 11.2. The molecule has 2 aromatic heterocycles. The van der Waals surface area contributed by atoms with Crippen LogP contribution in [0.4, 0.5) is 4.39 Å². The third-order valence-electron chi connectivity index (χ3n) is 2.84. The molecular formula is C11H10FN5S. The molecule has 3 rings (SSSR count). The Morgan fingerprint density at radius 3 is 2.94 bits per heavy atom. The maximum Gasteiger partial charge on any atom is 0.213 e. The molecule has 0 saturated heterocycles. The highest BCUT2D eigenvalue weighted by Crippen LogP contribution is 2.40. The van der Waals surface area contributed by atoms with Crippen LogP contribution < -0.4 is 5.73 Å². The Labute approximate surface area is 107 Å². The van der Waals surface area contributed by atoms with Gasteiger partial charge in [-0.25, -0.2) is 9.98 Å². The van der Waals surface area contributed by atoms with Crippen LogP contribution in [-0.4, -0.2) is 26.1 Å². The highest BCUT2D eigenvalue weighted by atomic mass is 32.2. The van der Waals surface area contributed by atoms with Gasteiger partial charge in [0.2, 0.25) is 5.95 Å². The van der Waals surface area contributed by atoms with Crippen molar-refractivity contribution in [3.63, 3.8) is 0 Å². The van der Waals surface area contributed by atoms with Crippen LogP contribution in [0, 0.1) is 5.95 Å². The normalized spacial score (nSPS) is 23.1. The van der Waals surface area contributed by atoms with Crippen LogP contribution in [-0.2, 0) is 5.54 Å². The maximum atomic E-state index is 13.3. The summed E-state index contributed by atoms with van der Waals surface area (Å²) in [6.07, 6.45) is 3.39. The molecule has 5 nitrogen and oxygen atoms in total. The Morgan fingerprint density at radius 1 is 1.44 bits per heavy atom. The molecule has 1 aliphatic heterocycles. The molecule has 0 fully saturated rings. The lowest BCUT2D eigenvalue weighted by molar-refractivity contribution is 0.540. The molecule has 1 atom stereocenters. The fourth-order valence-corrected chi connectivity index (χ4v) is 2.93. The van der Waals surface area contributed by atoms with E-state index in [0.717, 1.165) is 5.56 Å². The van der Waals surface area contributed by atoms with Crippen molar-refractivity contribution in [2.24, 2.45) is 10.7 Å². The SMILES string of the molecule is NC1=NC(c2cn[nH]c2)(c2cccc(F)n2)CS1. The third kappa shape index (κ3) is 1.67. The second-order valence-electron chi connectivity index (χ2n) is 3.93. The summed E-state index contributed by atoms with van der Waals surface area (Å²) >= 11 is 1.43. The van der Waals surface area contributed by atoms with Crippen LogP contribution in [0.25, 0.3) is 0 Å². The number of aliphatic imine (C=N–C) groups is 1. The number of hydrogen-bond donors (Lipinski definition) is 2. The number of pyridine rings is 1. The van der Waals surface area contributed by atoms with E-state index in [4.69, 9.17) is 5.73 Å². The van der Waals surface area contributed by atoms with Gasteiger partial charge in [0.1, 0.15) is 5.54 Å². The third-order valence-corrected chi connectivity index (χ3v) is 3.79. The minimum atomic E-state index is -0.746. The molecule has 0 amide bonds. The zero-order valence-corrected chi connectivity index (χ0v) is 10.1. The van der Waals surface area contributed by atoms with Gasteiger partial charge >= 0.3 is 0 Å². The van der Waals surface area contributed by atoms with E-state index >= 15 is 0 Å². The summed E-state index contributed by atoms with van der Waals surface area (Å²) in [6.45, 7) is 0. The molecule has 0 spiro atoms. The van der Waals surface area contributed by atoms with Gasteiger partial charge in [0.25, 0.3) is 0 Å². The van der Waals surface area contributed by atoms with Crippen LogP contribution in [0.3, 0.4) is 0 Å². The molecule has 3 heterocycles. The molecule has 1 unspecified atom stereocenters. The summed E-state index contributed by atoms with van der Waals surface area (Å²) in [7, 11) is 0. The van der Waals surface area contributed by atoms with Gasteiger partial charge in [-0.05, 0) is 12.1 Å². The number of amidine groups is 1. The molecule has 0 aromatic carbocycles. The van der Waals surface area contributed by atoms with Crippen LogP contribution in [0.15, 0.2) is 35.6 Å². The zero-order valence-electron chi connectivity index (χ0n) is 9.30. The second kappa shape index (κ2) is 4.09. The van der Waals surface area contributed by atoms with Crippen molar-refractivity contribution >= 4 is 16.9 Å². The van der Waals surface area contributed by atoms with Gasteiger partial charge in [0.15, 0.2) is 5.17 Å². The van der Waals surface area contributed by atoms with E-state index in [0.29, 0.717) is 16.6 Å². The Hall–Kier alpha value is -1.89. The lowest BCUT2D eigenvalue weighted by Gasteiger charge is -2.23. The highest BCUT2D eigenvalue weighted by molar-refractivity contribution is 8.14. The van der Waals surface area contributed by atoms with Gasteiger partial charge in [-0.15, -0.1) is 0 Å². The van der Waals surface area contributed by atoms with Gasteiger partial charge < -0.3 is 5.73 Å². The Morgan fingerprint density at radius 2 is 2.33 bits per heavy atom. The minimum Gasteiger partial charge on any atom is -0.378 e.